The molecular weight excluding hydrogens is 336 g/mol. The largest absolute Gasteiger partial charge is 0.508 e. The maximum atomic E-state index is 9.81. The normalized spacial score (nSPS) is 26.0. The summed E-state index contributed by atoms with van der Waals surface area (Å²) in [5.74, 6) is 2.11. The molecule has 2 aliphatic carbocycles. The summed E-state index contributed by atoms with van der Waals surface area (Å²) in [5, 5.41) is 29.3. The van der Waals surface area contributed by atoms with E-state index in [2.05, 4.69) is 24.3 Å². The van der Waals surface area contributed by atoms with Crippen LogP contribution in [0.5, 0.6) is 11.5 Å². The Bertz CT molecular complexity index is 687. The van der Waals surface area contributed by atoms with E-state index >= 15 is 0 Å². The summed E-state index contributed by atoms with van der Waals surface area (Å²) in [5.41, 5.74) is 2.46. The van der Waals surface area contributed by atoms with Crippen LogP contribution in [0, 0.1) is 11.8 Å². The van der Waals surface area contributed by atoms with Crippen molar-refractivity contribution >= 4 is 0 Å². The molecule has 4 rings (SSSR count). The topological polar surface area (TPSA) is 60.7 Å². The number of phenolic OH excluding ortho intramolecular Hbond substituents is 2. The number of hydrogen-bond acceptors (Lipinski definition) is 3. The minimum Gasteiger partial charge on any atom is -0.508 e. The fourth-order valence-corrected chi connectivity index (χ4v) is 5.48. The first-order valence-electron chi connectivity index (χ1n) is 10.3. The van der Waals surface area contributed by atoms with Crippen LogP contribution in [0.4, 0.5) is 0 Å². The van der Waals surface area contributed by atoms with Gasteiger partial charge in [0.15, 0.2) is 0 Å². The second-order valence-corrected chi connectivity index (χ2v) is 8.58. The van der Waals surface area contributed by atoms with E-state index in [1.165, 1.54) is 24.0 Å². The van der Waals surface area contributed by atoms with Crippen molar-refractivity contribution in [2.45, 2.75) is 62.9 Å². The average molecular weight is 367 g/mol. The highest BCUT2D eigenvalue weighted by molar-refractivity contribution is 5.43. The van der Waals surface area contributed by atoms with Crippen molar-refractivity contribution < 1.29 is 15.3 Å². The zero-order chi connectivity index (χ0) is 18.9. The van der Waals surface area contributed by atoms with E-state index < -0.39 is 0 Å². The summed E-state index contributed by atoms with van der Waals surface area (Å²) in [6, 6.07) is 15.4. The van der Waals surface area contributed by atoms with Gasteiger partial charge in [0.2, 0.25) is 0 Å². The van der Waals surface area contributed by atoms with Crippen molar-refractivity contribution in [1.29, 1.82) is 0 Å². The number of rotatable bonds is 3. The molecule has 2 aliphatic rings. The van der Waals surface area contributed by atoms with Crippen LogP contribution in [0.15, 0.2) is 48.5 Å². The molecule has 0 radical (unpaired) electrons. The van der Waals surface area contributed by atoms with E-state index in [4.69, 9.17) is 0 Å². The lowest BCUT2D eigenvalue weighted by atomic mass is 9.60. The Kier molecular flexibility index (Phi) is 5.14. The van der Waals surface area contributed by atoms with Gasteiger partial charge in [0.25, 0.3) is 0 Å². The summed E-state index contributed by atoms with van der Waals surface area (Å²) in [6.07, 6.45) is 8.74. The SMILES string of the molecule is Oc1ccc(C2(c3ccc(O)cc3)CCC(C3CCC(O)CC3)CC2)cc1. The first kappa shape index (κ1) is 18.4. The third-order valence-corrected chi connectivity index (χ3v) is 7.13. The minimum absolute atomic E-state index is 0.0495. The van der Waals surface area contributed by atoms with Gasteiger partial charge in [0.05, 0.1) is 6.10 Å². The Morgan fingerprint density at radius 3 is 1.44 bits per heavy atom. The highest BCUT2D eigenvalue weighted by Crippen LogP contribution is 2.50. The summed E-state index contributed by atoms with van der Waals surface area (Å²) < 4.78 is 0. The summed E-state index contributed by atoms with van der Waals surface area (Å²) >= 11 is 0. The van der Waals surface area contributed by atoms with Crippen molar-refractivity contribution in [3.63, 3.8) is 0 Å². The van der Waals surface area contributed by atoms with Gasteiger partial charge in [0, 0.05) is 5.41 Å². The van der Waals surface area contributed by atoms with Crippen LogP contribution in [0.1, 0.15) is 62.5 Å². The van der Waals surface area contributed by atoms with E-state index in [-0.39, 0.29) is 11.5 Å². The molecule has 27 heavy (non-hydrogen) atoms. The van der Waals surface area contributed by atoms with Crippen LogP contribution in [0.3, 0.4) is 0 Å². The van der Waals surface area contributed by atoms with Crippen LogP contribution >= 0.6 is 0 Å². The van der Waals surface area contributed by atoms with E-state index in [1.807, 2.05) is 0 Å². The molecule has 3 N–H and O–H groups in total. The minimum atomic E-state index is -0.0853. The van der Waals surface area contributed by atoms with Gasteiger partial charge in [-0.05, 0) is 98.6 Å². The van der Waals surface area contributed by atoms with Gasteiger partial charge in [-0.3, -0.25) is 0 Å². The molecule has 2 fully saturated rings. The third-order valence-electron chi connectivity index (χ3n) is 7.13. The number of aliphatic hydroxyl groups excluding tert-OH is 1. The molecule has 0 spiro atoms. The number of benzene rings is 2. The predicted octanol–water partition coefficient (Wildman–Crippen LogP) is 5.13. The van der Waals surface area contributed by atoms with E-state index in [0.29, 0.717) is 11.5 Å². The molecule has 3 nitrogen and oxygen atoms in total. The number of hydrogen-bond donors (Lipinski definition) is 3. The molecule has 2 aromatic rings. The summed E-state index contributed by atoms with van der Waals surface area (Å²) in [6.45, 7) is 0. The summed E-state index contributed by atoms with van der Waals surface area (Å²) in [4.78, 5) is 0. The lowest BCUT2D eigenvalue weighted by molar-refractivity contribution is 0.0763. The van der Waals surface area contributed by atoms with Crippen molar-refractivity contribution in [3.05, 3.63) is 59.7 Å². The Morgan fingerprint density at radius 2 is 1.00 bits per heavy atom. The molecule has 0 amide bonds. The quantitative estimate of drug-likeness (QED) is 0.706. The van der Waals surface area contributed by atoms with E-state index in [0.717, 1.165) is 50.4 Å². The number of aromatic hydroxyl groups is 2. The molecular formula is C24H30O3. The van der Waals surface area contributed by atoms with Crippen molar-refractivity contribution in [1.82, 2.24) is 0 Å². The van der Waals surface area contributed by atoms with Crippen molar-refractivity contribution in [2.75, 3.05) is 0 Å². The maximum Gasteiger partial charge on any atom is 0.115 e. The molecule has 2 saturated carbocycles. The molecule has 0 aromatic heterocycles. The van der Waals surface area contributed by atoms with Crippen molar-refractivity contribution in [2.24, 2.45) is 11.8 Å². The van der Waals surface area contributed by atoms with Gasteiger partial charge in [0.1, 0.15) is 11.5 Å². The Morgan fingerprint density at radius 1 is 0.593 bits per heavy atom. The zero-order valence-electron chi connectivity index (χ0n) is 15.8. The standard InChI is InChI=1S/C24H30O3/c25-21-7-1-17(2-8-21)18-13-15-24(16-14-18,19-3-9-22(26)10-4-19)20-5-11-23(27)12-6-20/h3-6,9-12,17-18,21,25-27H,1-2,7-8,13-16H2. The van der Waals surface area contributed by atoms with E-state index in [9.17, 15) is 15.3 Å². The molecule has 0 saturated heterocycles. The Labute approximate surface area is 161 Å². The van der Waals surface area contributed by atoms with E-state index in [1.54, 1.807) is 24.3 Å². The van der Waals surface area contributed by atoms with Gasteiger partial charge < -0.3 is 15.3 Å². The summed E-state index contributed by atoms with van der Waals surface area (Å²) in [7, 11) is 0. The fraction of sp³-hybridized carbons (Fsp3) is 0.500. The molecule has 2 aromatic carbocycles. The van der Waals surface area contributed by atoms with Gasteiger partial charge in [-0.25, -0.2) is 0 Å². The highest BCUT2D eigenvalue weighted by Gasteiger charge is 2.40. The zero-order valence-corrected chi connectivity index (χ0v) is 15.8. The average Bonchev–Trinajstić information content (AvgIpc) is 2.70. The first-order valence-corrected chi connectivity index (χ1v) is 10.3. The third kappa shape index (κ3) is 3.70. The number of aliphatic hydroxyl groups is 1. The second-order valence-electron chi connectivity index (χ2n) is 8.58. The van der Waals surface area contributed by atoms with Gasteiger partial charge in [-0.1, -0.05) is 24.3 Å². The van der Waals surface area contributed by atoms with Crippen LogP contribution in [0.2, 0.25) is 0 Å². The van der Waals surface area contributed by atoms with Crippen LogP contribution < -0.4 is 0 Å². The first-order chi connectivity index (χ1) is 13.1. The van der Waals surface area contributed by atoms with Gasteiger partial charge in [-0.2, -0.15) is 0 Å². The molecule has 0 aliphatic heterocycles. The van der Waals surface area contributed by atoms with Crippen molar-refractivity contribution in [3.8, 4) is 11.5 Å². The fourth-order valence-electron chi connectivity index (χ4n) is 5.48. The Hall–Kier alpha value is -2.00. The molecule has 0 atom stereocenters. The molecule has 3 heteroatoms. The smallest absolute Gasteiger partial charge is 0.115 e. The predicted molar refractivity (Wildman–Crippen MR) is 107 cm³/mol. The van der Waals surface area contributed by atoms with Crippen LogP contribution in [-0.2, 0) is 5.41 Å². The molecule has 144 valence electrons. The monoisotopic (exact) mass is 366 g/mol. The lowest BCUT2D eigenvalue weighted by Gasteiger charge is -2.44. The number of phenols is 2. The highest BCUT2D eigenvalue weighted by atomic mass is 16.3. The Balaban J connectivity index is 1.59. The van der Waals surface area contributed by atoms with Crippen LogP contribution in [-0.4, -0.2) is 21.4 Å². The second kappa shape index (κ2) is 7.55. The molecule has 0 bridgehead atoms. The maximum absolute atomic E-state index is 9.81. The lowest BCUT2D eigenvalue weighted by Crippen LogP contribution is -2.36. The van der Waals surface area contributed by atoms with Crippen LogP contribution in [0.25, 0.3) is 0 Å². The van der Waals surface area contributed by atoms with Gasteiger partial charge in [-0.15, -0.1) is 0 Å². The van der Waals surface area contributed by atoms with Gasteiger partial charge >= 0.3 is 0 Å². The molecule has 0 unspecified atom stereocenters. The molecule has 0 heterocycles.